The number of nitrogens with one attached hydrogen (secondary N) is 1. The summed E-state index contributed by atoms with van der Waals surface area (Å²) in [5.74, 6) is 0.745. The number of nitrogens with two attached hydrogens (primary N) is 1. The second-order valence-corrected chi connectivity index (χ2v) is 4.34. The minimum Gasteiger partial charge on any atom is -0.488 e. The number of aromatic amines is 1. The van der Waals surface area contributed by atoms with Crippen molar-refractivity contribution >= 4 is 11.6 Å². The predicted octanol–water partition coefficient (Wildman–Crippen LogP) is 2.67. The molecule has 0 aliphatic carbocycles. The number of aromatic nitrogens is 2. The van der Waals surface area contributed by atoms with Gasteiger partial charge >= 0.3 is 0 Å². The molecule has 5 heteroatoms. The first kappa shape index (κ1) is 12.7. The lowest BCUT2D eigenvalue weighted by Crippen LogP contribution is -1.97. The van der Waals surface area contributed by atoms with E-state index in [1.165, 1.54) is 0 Å². The molecule has 0 saturated carbocycles. The maximum absolute atomic E-state index is 5.63. The maximum Gasteiger partial charge on any atom is 0.123 e. The molecule has 3 N–H and O–H groups in total. The molecule has 0 spiro atoms. The quantitative estimate of drug-likeness (QED) is 0.872. The van der Waals surface area contributed by atoms with Gasteiger partial charge in [-0.05, 0) is 24.3 Å². The zero-order valence-electron chi connectivity index (χ0n) is 9.82. The Labute approximate surface area is 110 Å². The molecular weight excluding hydrogens is 250 g/mol. The average Bonchev–Trinajstić information content (AvgIpc) is 2.85. The zero-order chi connectivity index (χ0) is 13.0. The van der Waals surface area contributed by atoms with Gasteiger partial charge in [-0.25, -0.2) is 0 Å². The number of halogens is 1. The Balaban J connectivity index is 2.14. The summed E-state index contributed by atoms with van der Waals surface area (Å²) in [7, 11) is 0. The first-order valence-electron chi connectivity index (χ1n) is 5.49. The van der Waals surface area contributed by atoms with E-state index >= 15 is 0 Å². The van der Waals surface area contributed by atoms with Gasteiger partial charge in [-0.1, -0.05) is 18.2 Å². The molecule has 4 nitrogen and oxygen atoms in total. The Bertz CT molecular complexity index is 533. The second kappa shape index (κ2) is 5.71. The molecular formula is C13H14ClN3O. The van der Waals surface area contributed by atoms with Crippen molar-refractivity contribution in [2.45, 2.75) is 6.54 Å². The van der Waals surface area contributed by atoms with E-state index in [0.29, 0.717) is 18.2 Å². The number of nitrogens with zero attached hydrogens (tertiary/aromatic N) is 1. The summed E-state index contributed by atoms with van der Waals surface area (Å²) in [4.78, 5) is 0. The van der Waals surface area contributed by atoms with Gasteiger partial charge in [-0.3, -0.25) is 5.10 Å². The van der Waals surface area contributed by atoms with Crippen LogP contribution in [0.5, 0.6) is 5.75 Å². The van der Waals surface area contributed by atoms with E-state index in [0.717, 1.165) is 22.6 Å². The topological polar surface area (TPSA) is 63.9 Å². The van der Waals surface area contributed by atoms with Crippen molar-refractivity contribution in [2.75, 3.05) is 6.61 Å². The van der Waals surface area contributed by atoms with Crippen LogP contribution in [0.25, 0.3) is 11.3 Å². The summed E-state index contributed by atoms with van der Waals surface area (Å²) in [6.45, 7) is 4.32. The number of rotatable bonds is 5. The summed E-state index contributed by atoms with van der Waals surface area (Å²) in [5.41, 5.74) is 8.57. The van der Waals surface area contributed by atoms with Gasteiger partial charge in [0.15, 0.2) is 0 Å². The minimum absolute atomic E-state index is 0.305. The molecule has 0 atom stereocenters. The molecule has 1 heterocycles. The third kappa shape index (κ3) is 2.91. The van der Waals surface area contributed by atoms with Gasteiger partial charge in [0.2, 0.25) is 0 Å². The van der Waals surface area contributed by atoms with Crippen LogP contribution in [0, 0.1) is 0 Å². The fraction of sp³-hybridized carbons (Fsp3) is 0.154. The molecule has 94 valence electrons. The van der Waals surface area contributed by atoms with Crippen molar-refractivity contribution in [3.05, 3.63) is 47.6 Å². The van der Waals surface area contributed by atoms with Crippen LogP contribution in [0.3, 0.4) is 0 Å². The highest BCUT2D eigenvalue weighted by Gasteiger charge is 2.06. The van der Waals surface area contributed by atoms with Crippen LogP contribution in [0.1, 0.15) is 5.56 Å². The lowest BCUT2D eigenvalue weighted by molar-refractivity contribution is 0.359. The van der Waals surface area contributed by atoms with Gasteiger partial charge in [0.05, 0.1) is 11.9 Å². The van der Waals surface area contributed by atoms with Crippen LogP contribution in [-0.4, -0.2) is 16.8 Å². The fourth-order valence-electron chi connectivity index (χ4n) is 1.60. The average molecular weight is 264 g/mol. The summed E-state index contributed by atoms with van der Waals surface area (Å²) >= 11 is 5.63. The van der Waals surface area contributed by atoms with Crippen LogP contribution in [-0.2, 0) is 6.54 Å². The lowest BCUT2D eigenvalue weighted by Gasteiger charge is -2.06. The second-order valence-electron chi connectivity index (χ2n) is 3.80. The zero-order valence-corrected chi connectivity index (χ0v) is 10.6. The molecule has 0 unspecified atom stereocenters. The van der Waals surface area contributed by atoms with E-state index in [1.807, 2.05) is 24.3 Å². The highest BCUT2D eigenvalue weighted by atomic mass is 35.5. The Morgan fingerprint density at radius 3 is 2.72 bits per heavy atom. The van der Waals surface area contributed by atoms with Crippen molar-refractivity contribution in [2.24, 2.45) is 5.73 Å². The molecule has 0 amide bonds. The molecule has 2 aromatic rings. The highest BCUT2D eigenvalue weighted by molar-refractivity contribution is 6.29. The minimum atomic E-state index is 0.305. The van der Waals surface area contributed by atoms with Gasteiger partial charge in [0.25, 0.3) is 0 Å². The Kier molecular flexibility index (Phi) is 4.02. The van der Waals surface area contributed by atoms with Crippen LogP contribution in [0.4, 0.5) is 0 Å². The van der Waals surface area contributed by atoms with Crippen LogP contribution < -0.4 is 10.5 Å². The molecule has 0 radical (unpaired) electrons. The normalized spacial score (nSPS) is 10.3. The lowest BCUT2D eigenvalue weighted by atomic mass is 10.1. The van der Waals surface area contributed by atoms with E-state index in [2.05, 4.69) is 16.8 Å². The van der Waals surface area contributed by atoms with Crippen molar-refractivity contribution in [3.8, 4) is 17.0 Å². The first-order valence-corrected chi connectivity index (χ1v) is 5.87. The molecule has 1 aromatic heterocycles. The molecule has 0 fully saturated rings. The number of benzene rings is 1. The van der Waals surface area contributed by atoms with Gasteiger partial charge in [-0.2, -0.15) is 5.10 Å². The van der Waals surface area contributed by atoms with Crippen LogP contribution >= 0.6 is 11.6 Å². The van der Waals surface area contributed by atoms with Gasteiger partial charge in [0.1, 0.15) is 12.4 Å². The Morgan fingerprint density at radius 1 is 1.39 bits per heavy atom. The molecule has 0 bridgehead atoms. The van der Waals surface area contributed by atoms with Gasteiger partial charge in [0, 0.05) is 22.7 Å². The van der Waals surface area contributed by atoms with E-state index in [1.54, 1.807) is 6.20 Å². The van der Waals surface area contributed by atoms with Gasteiger partial charge < -0.3 is 10.5 Å². The van der Waals surface area contributed by atoms with E-state index in [9.17, 15) is 0 Å². The van der Waals surface area contributed by atoms with E-state index in [4.69, 9.17) is 22.1 Å². The fourth-order valence-corrected chi connectivity index (χ4v) is 1.65. The molecule has 1 aromatic carbocycles. The SMILES string of the molecule is C=C(Cl)COc1ccc(-c2[nH]ncc2CN)cc1. The summed E-state index contributed by atoms with van der Waals surface area (Å²) in [6, 6.07) is 7.63. The largest absolute Gasteiger partial charge is 0.488 e. The molecule has 0 aliphatic rings. The van der Waals surface area contributed by atoms with Crippen molar-refractivity contribution < 1.29 is 4.74 Å². The first-order chi connectivity index (χ1) is 8.70. The third-order valence-corrected chi connectivity index (χ3v) is 2.59. The van der Waals surface area contributed by atoms with Crippen molar-refractivity contribution in [1.29, 1.82) is 0 Å². The number of ether oxygens (including phenoxy) is 1. The molecule has 2 rings (SSSR count). The van der Waals surface area contributed by atoms with E-state index in [-0.39, 0.29) is 0 Å². The molecule has 0 saturated heterocycles. The van der Waals surface area contributed by atoms with Crippen molar-refractivity contribution in [3.63, 3.8) is 0 Å². The summed E-state index contributed by atoms with van der Waals surface area (Å²) < 4.78 is 5.41. The monoisotopic (exact) mass is 263 g/mol. The highest BCUT2D eigenvalue weighted by Crippen LogP contribution is 2.23. The van der Waals surface area contributed by atoms with Gasteiger partial charge in [-0.15, -0.1) is 0 Å². The predicted molar refractivity (Wildman–Crippen MR) is 72.4 cm³/mol. The van der Waals surface area contributed by atoms with Crippen LogP contribution in [0.15, 0.2) is 42.1 Å². The van der Waals surface area contributed by atoms with E-state index < -0.39 is 0 Å². The third-order valence-electron chi connectivity index (χ3n) is 2.48. The maximum atomic E-state index is 5.63. The summed E-state index contributed by atoms with van der Waals surface area (Å²) in [5, 5.41) is 7.39. The van der Waals surface area contributed by atoms with Crippen molar-refractivity contribution in [1.82, 2.24) is 10.2 Å². The Morgan fingerprint density at radius 2 is 2.11 bits per heavy atom. The molecule has 18 heavy (non-hydrogen) atoms. The standard InChI is InChI=1S/C13H14ClN3O/c1-9(14)8-18-12-4-2-10(3-5-12)13-11(6-15)7-16-17-13/h2-5,7H,1,6,8,15H2,(H,16,17). The molecule has 0 aliphatic heterocycles. The number of hydrogen-bond donors (Lipinski definition) is 2. The summed E-state index contributed by atoms with van der Waals surface area (Å²) in [6.07, 6.45) is 1.73. The number of H-pyrrole nitrogens is 1. The van der Waals surface area contributed by atoms with Crippen LogP contribution in [0.2, 0.25) is 0 Å². The smallest absolute Gasteiger partial charge is 0.123 e. The Hall–Kier alpha value is -1.78. The number of hydrogen-bond acceptors (Lipinski definition) is 3.